The van der Waals surface area contributed by atoms with Crippen LogP contribution >= 0.6 is 0 Å². The van der Waals surface area contributed by atoms with Gasteiger partial charge in [0.1, 0.15) is 18.3 Å². The van der Waals surface area contributed by atoms with Crippen LogP contribution in [0.3, 0.4) is 0 Å². The number of hydrogen-bond donors (Lipinski definition) is 3. The standard InChI is InChI=1S/C33H50O6/c1-19-6-8-21(9-7-19)24-14-17-33(36)26-11-10-22-18-23(12-15-31(22,3)25(26)13-16-32(24,33)4)39-30-28(35)29(37-5)27(34)20(2)38-30/h6-9,20,22-30,34-36H,10-18H2,1-5H3/t20-,22+,23-,24+,25-,26+,27-,28-,29+,30-,31-,32+,33-/m0/s1. The van der Waals surface area contributed by atoms with Gasteiger partial charge >= 0.3 is 0 Å². The fraction of sp³-hybridized carbons (Fsp3) is 0.818. The zero-order chi connectivity index (χ0) is 27.7. The van der Waals surface area contributed by atoms with Crippen LogP contribution in [0.5, 0.6) is 0 Å². The van der Waals surface area contributed by atoms with Crippen LogP contribution in [-0.2, 0) is 14.2 Å². The van der Waals surface area contributed by atoms with Gasteiger partial charge in [0, 0.05) is 12.5 Å². The minimum Gasteiger partial charge on any atom is -0.389 e. The smallest absolute Gasteiger partial charge is 0.186 e. The second-order valence-corrected chi connectivity index (χ2v) is 14.3. The lowest BCUT2D eigenvalue weighted by molar-refractivity contribution is -0.313. The molecular weight excluding hydrogens is 492 g/mol. The first kappa shape index (κ1) is 28.1. The third-order valence-corrected chi connectivity index (χ3v) is 12.7. The van der Waals surface area contributed by atoms with E-state index in [2.05, 4.69) is 45.0 Å². The van der Waals surface area contributed by atoms with Gasteiger partial charge in [-0.2, -0.15) is 0 Å². The van der Waals surface area contributed by atoms with Crippen molar-refractivity contribution in [1.29, 1.82) is 0 Å². The summed E-state index contributed by atoms with van der Waals surface area (Å²) >= 11 is 0. The molecule has 1 aliphatic heterocycles. The number of aryl methyl sites for hydroxylation is 1. The number of rotatable bonds is 4. The molecule has 6 heteroatoms. The minimum absolute atomic E-state index is 0.0218. The lowest BCUT2D eigenvalue weighted by Gasteiger charge is -2.64. The Morgan fingerprint density at radius 3 is 2.36 bits per heavy atom. The normalized spacial score (nSPS) is 51.6. The molecule has 1 aromatic carbocycles. The van der Waals surface area contributed by atoms with E-state index in [1.807, 2.05) is 0 Å². The first-order valence-electron chi connectivity index (χ1n) is 15.5. The van der Waals surface area contributed by atoms with Crippen LogP contribution in [0.25, 0.3) is 0 Å². The van der Waals surface area contributed by atoms with Crippen molar-refractivity contribution in [2.75, 3.05) is 7.11 Å². The summed E-state index contributed by atoms with van der Waals surface area (Å²) in [6, 6.07) is 9.05. The topological polar surface area (TPSA) is 88.4 Å². The van der Waals surface area contributed by atoms with Gasteiger partial charge in [0.25, 0.3) is 0 Å². The Hall–Kier alpha value is -1.02. The average Bonchev–Trinajstić information content (AvgIpc) is 3.19. The van der Waals surface area contributed by atoms with Crippen LogP contribution in [0.4, 0.5) is 0 Å². The van der Waals surface area contributed by atoms with Crippen molar-refractivity contribution < 1.29 is 29.5 Å². The maximum atomic E-state index is 12.5. The van der Waals surface area contributed by atoms with Gasteiger partial charge in [-0.05, 0) is 106 Å². The molecule has 0 radical (unpaired) electrons. The van der Waals surface area contributed by atoms with E-state index >= 15 is 0 Å². The van der Waals surface area contributed by atoms with Crippen LogP contribution < -0.4 is 0 Å². The van der Waals surface area contributed by atoms with Gasteiger partial charge in [-0.1, -0.05) is 43.7 Å². The third kappa shape index (κ3) is 4.27. The molecule has 0 amide bonds. The number of fused-ring (bicyclic) bond motifs is 5. The molecule has 4 aliphatic carbocycles. The van der Waals surface area contributed by atoms with E-state index in [1.165, 1.54) is 24.7 Å². The molecule has 0 unspecified atom stereocenters. The molecule has 218 valence electrons. The van der Waals surface area contributed by atoms with Crippen molar-refractivity contribution in [1.82, 2.24) is 0 Å². The lowest BCUT2D eigenvalue weighted by Crippen LogP contribution is -2.62. The summed E-state index contributed by atoms with van der Waals surface area (Å²) in [5.74, 6) is 1.87. The van der Waals surface area contributed by atoms with Crippen molar-refractivity contribution >= 4 is 0 Å². The van der Waals surface area contributed by atoms with Crippen LogP contribution in [-0.4, -0.2) is 64.8 Å². The van der Waals surface area contributed by atoms with E-state index in [0.29, 0.717) is 23.7 Å². The molecule has 1 heterocycles. The zero-order valence-corrected chi connectivity index (χ0v) is 24.5. The molecule has 5 fully saturated rings. The van der Waals surface area contributed by atoms with Crippen LogP contribution in [0.1, 0.15) is 95.6 Å². The quantitative estimate of drug-likeness (QED) is 0.459. The Bertz CT molecular complexity index is 1030. The van der Waals surface area contributed by atoms with Gasteiger partial charge < -0.3 is 29.5 Å². The Morgan fingerprint density at radius 1 is 0.897 bits per heavy atom. The summed E-state index contributed by atoms with van der Waals surface area (Å²) in [4.78, 5) is 0. The summed E-state index contributed by atoms with van der Waals surface area (Å²) in [6.07, 6.45) is 5.62. The minimum atomic E-state index is -1.01. The molecule has 6 rings (SSSR count). The van der Waals surface area contributed by atoms with Gasteiger partial charge in [-0.15, -0.1) is 0 Å². The molecule has 3 N–H and O–H groups in total. The average molecular weight is 543 g/mol. The molecule has 39 heavy (non-hydrogen) atoms. The maximum absolute atomic E-state index is 12.5. The summed E-state index contributed by atoms with van der Waals surface area (Å²) in [7, 11) is 1.51. The number of ether oxygens (including phenoxy) is 3. The molecule has 1 saturated heterocycles. The molecule has 0 spiro atoms. The van der Waals surface area contributed by atoms with Crippen molar-refractivity contribution in [3.8, 4) is 0 Å². The van der Waals surface area contributed by atoms with E-state index in [1.54, 1.807) is 6.92 Å². The van der Waals surface area contributed by atoms with E-state index in [0.717, 1.165) is 51.4 Å². The molecule has 0 aromatic heterocycles. The van der Waals surface area contributed by atoms with Gasteiger partial charge in [-0.25, -0.2) is 0 Å². The highest BCUT2D eigenvalue weighted by Gasteiger charge is 2.67. The van der Waals surface area contributed by atoms with Gasteiger partial charge in [0.15, 0.2) is 6.29 Å². The fourth-order valence-corrected chi connectivity index (χ4v) is 10.2. The van der Waals surface area contributed by atoms with Crippen molar-refractivity contribution in [2.45, 2.75) is 134 Å². The van der Waals surface area contributed by atoms with Gasteiger partial charge in [-0.3, -0.25) is 0 Å². The van der Waals surface area contributed by atoms with Crippen molar-refractivity contribution in [2.24, 2.45) is 28.6 Å². The summed E-state index contributed by atoms with van der Waals surface area (Å²) in [5.41, 5.74) is 2.23. The highest BCUT2D eigenvalue weighted by molar-refractivity contribution is 5.31. The molecule has 1 aromatic rings. The number of aliphatic hydroxyl groups is 3. The second kappa shape index (κ2) is 10.1. The predicted octanol–water partition coefficient (Wildman–Crippen LogP) is 5.10. The number of aliphatic hydroxyl groups excluding tert-OH is 2. The van der Waals surface area contributed by atoms with E-state index in [-0.39, 0.29) is 16.9 Å². The molecule has 6 nitrogen and oxygen atoms in total. The van der Waals surface area contributed by atoms with Gasteiger partial charge in [0.2, 0.25) is 0 Å². The molecule has 5 aliphatic rings. The lowest BCUT2D eigenvalue weighted by atomic mass is 9.43. The summed E-state index contributed by atoms with van der Waals surface area (Å²) in [5, 5.41) is 33.7. The monoisotopic (exact) mass is 542 g/mol. The molecule has 4 saturated carbocycles. The van der Waals surface area contributed by atoms with Crippen molar-refractivity contribution in [3.05, 3.63) is 35.4 Å². The van der Waals surface area contributed by atoms with Gasteiger partial charge in [0.05, 0.1) is 17.8 Å². The van der Waals surface area contributed by atoms with E-state index < -0.39 is 36.3 Å². The highest BCUT2D eigenvalue weighted by atomic mass is 16.7. The number of hydrogen-bond acceptors (Lipinski definition) is 6. The number of methoxy groups -OCH3 is 1. The van der Waals surface area contributed by atoms with Crippen LogP contribution in [0.2, 0.25) is 0 Å². The first-order chi connectivity index (χ1) is 18.5. The zero-order valence-electron chi connectivity index (χ0n) is 24.5. The molecular formula is C33H50O6. The maximum Gasteiger partial charge on any atom is 0.186 e. The SMILES string of the molecule is CO[C@H]1[C@H](O)[C@H](O[C@H]2CC[C@@]3(C)[C@H](CC[C@@H]4[C@@H]3CC[C@]3(C)[C@@H](c5ccc(C)cc5)CC[C@]43O)C2)O[C@@H](C)[C@@H]1O. The molecule has 13 atom stereocenters. The van der Waals surface area contributed by atoms with E-state index in [4.69, 9.17) is 14.2 Å². The Balaban J connectivity index is 1.16. The predicted molar refractivity (Wildman–Crippen MR) is 149 cm³/mol. The summed E-state index contributed by atoms with van der Waals surface area (Å²) in [6.45, 7) is 8.83. The van der Waals surface area contributed by atoms with Crippen molar-refractivity contribution in [3.63, 3.8) is 0 Å². The van der Waals surface area contributed by atoms with E-state index in [9.17, 15) is 15.3 Å². The fourth-order valence-electron chi connectivity index (χ4n) is 10.2. The number of benzene rings is 1. The Kier molecular flexibility index (Phi) is 7.25. The molecule has 0 bridgehead atoms. The Morgan fingerprint density at radius 2 is 1.64 bits per heavy atom. The highest BCUT2D eigenvalue weighted by Crippen LogP contribution is 2.70. The summed E-state index contributed by atoms with van der Waals surface area (Å²) < 4.78 is 17.6. The first-order valence-corrected chi connectivity index (χ1v) is 15.5. The van der Waals surface area contributed by atoms with Crippen LogP contribution in [0, 0.1) is 35.5 Å². The Labute approximate surface area is 234 Å². The third-order valence-electron chi connectivity index (χ3n) is 12.7. The second-order valence-electron chi connectivity index (χ2n) is 14.3. The largest absolute Gasteiger partial charge is 0.389 e. The van der Waals surface area contributed by atoms with Crippen LogP contribution in [0.15, 0.2) is 24.3 Å².